The van der Waals surface area contributed by atoms with E-state index in [1.807, 2.05) is 4.90 Å². The van der Waals surface area contributed by atoms with Gasteiger partial charge in [-0.05, 0) is 45.7 Å². The molecule has 1 unspecified atom stereocenters. The third-order valence-electron chi connectivity index (χ3n) is 2.96. The average molecular weight is 214 g/mol. The lowest BCUT2D eigenvalue weighted by Crippen LogP contribution is -2.43. The predicted molar refractivity (Wildman–Crippen MR) is 59.9 cm³/mol. The summed E-state index contributed by atoms with van der Waals surface area (Å²) in [5.41, 5.74) is 0. The normalized spacial score (nSPS) is 22.3. The topological polar surface area (TPSA) is 52.6 Å². The molecular formula is C11H22N2O2. The highest BCUT2D eigenvalue weighted by atomic mass is 16.4. The van der Waals surface area contributed by atoms with Gasteiger partial charge in [0.05, 0.1) is 6.54 Å². The first-order valence-corrected chi connectivity index (χ1v) is 5.76. The first kappa shape index (κ1) is 12.5. The molecule has 1 fully saturated rings. The minimum absolute atomic E-state index is 0.161. The van der Waals surface area contributed by atoms with Gasteiger partial charge < -0.3 is 10.4 Å². The van der Waals surface area contributed by atoms with Crippen LogP contribution in [-0.2, 0) is 4.79 Å². The van der Waals surface area contributed by atoms with Crippen LogP contribution in [0.1, 0.15) is 26.7 Å². The second-order valence-electron chi connectivity index (χ2n) is 4.63. The van der Waals surface area contributed by atoms with Gasteiger partial charge in [0.15, 0.2) is 0 Å². The molecular weight excluding hydrogens is 192 g/mol. The summed E-state index contributed by atoms with van der Waals surface area (Å²) in [5.74, 6) is -0.118. The molecule has 0 saturated carbocycles. The lowest BCUT2D eigenvalue weighted by atomic mass is 9.98. The van der Waals surface area contributed by atoms with E-state index < -0.39 is 5.97 Å². The second-order valence-corrected chi connectivity index (χ2v) is 4.63. The highest BCUT2D eigenvalue weighted by Crippen LogP contribution is 2.13. The zero-order valence-corrected chi connectivity index (χ0v) is 9.70. The van der Waals surface area contributed by atoms with Gasteiger partial charge in [-0.3, -0.25) is 9.69 Å². The van der Waals surface area contributed by atoms with E-state index in [9.17, 15) is 4.79 Å². The highest BCUT2D eigenvalue weighted by molar-refractivity contribution is 5.69. The molecule has 0 aromatic carbocycles. The third-order valence-corrected chi connectivity index (χ3v) is 2.96. The predicted octanol–water partition coefficient (Wildman–Crippen LogP) is 0.781. The number of aliphatic carboxylic acids is 1. The molecule has 0 amide bonds. The summed E-state index contributed by atoms with van der Waals surface area (Å²) in [7, 11) is 0. The second kappa shape index (κ2) is 6.08. The van der Waals surface area contributed by atoms with E-state index in [4.69, 9.17) is 5.11 Å². The lowest BCUT2D eigenvalue weighted by molar-refractivity contribution is -0.139. The van der Waals surface area contributed by atoms with Crippen molar-refractivity contribution < 1.29 is 9.90 Å². The molecule has 4 heteroatoms. The van der Waals surface area contributed by atoms with E-state index in [0.29, 0.717) is 12.0 Å². The number of nitrogens with zero attached hydrogens (tertiary/aromatic N) is 1. The van der Waals surface area contributed by atoms with Crippen molar-refractivity contribution in [1.29, 1.82) is 0 Å². The summed E-state index contributed by atoms with van der Waals surface area (Å²) in [6.07, 6.45) is 2.43. The maximum absolute atomic E-state index is 10.7. The Morgan fingerprint density at radius 1 is 1.60 bits per heavy atom. The summed E-state index contributed by atoms with van der Waals surface area (Å²) >= 11 is 0. The number of nitrogens with one attached hydrogen (secondary N) is 1. The Morgan fingerprint density at radius 3 is 2.80 bits per heavy atom. The Hall–Kier alpha value is -0.610. The van der Waals surface area contributed by atoms with E-state index in [-0.39, 0.29) is 6.54 Å². The van der Waals surface area contributed by atoms with Crippen molar-refractivity contribution in [3.8, 4) is 0 Å². The van der Waals surface area contributed by atoms with Crippen LogP contribution < -0.4 is 5.32 Å². The molecule has 1 rings (SSSR count). The Kier molecular flexibility index (Phi) is 5.05. The molecule has 1 saturated heterocycles. The van der Waals surface area contributed by atoms with Crippen LogP contribution in [-0.4, -0.2) is 48.2 Å². The van der Waals surface area contributed by atoms with Gasteiger partial charge in [-0.2, -0.15) is 0 Å². The van der Waals surface area contributed by atoms with Crippen molar-refractivity contribution >= 4 is 5.97 Å². The molecule has 1 aliphatic heterocycles. The summed E-state index contributed by atoms with van der Waals surface area (Å²) in [5, 5.41) is 12.2. The Bertz CT molecular complexity index is 201. The fourth-order valence-electron chi connectivity index (χ4n) is 2.04. The molecule has 4 nitrogen and oxygen atoms in total. The number of hydrogen-bond acceptors (Lipinski definition) is 3. The summed E-state index contributed by atoms with van der Waals surface area (Å²) in [6.45, 7) is 7.31. The van der Waals surface area contributed by atoms with Crippen LogP contribution in [0.15, 0.2) is 0 Å². The monoisotopic (exact) mass is 214 g/mol. The van der Waals surface area contributed by atoms with E-state index in [2.05, 4.69) is 19.2 Å². The largest absolute Gasteiger partial charge is 0.480 e. The van der Waals surface area contributed by atoms with Crippen LogP contribution in [0, 0.1) is 5.92 Å². The van der Waals surface area contributed by atoms with Crippen LogP contribution >= 0.6 is 0 Å². The lowest BCUT2D eigenvalue weighted by Gasteiger charge is -2.31. The standard InChI is InChI=1S/C11H22N2O2/c1-9(2)13(8-11(14)15)7-10-4-3-5-12-6-10/h9-10,12H,3-8H2,1-2H3,(H,14,15). The van der Waals surface area contributed by atoms with Crippen molar-refractivity contribution in [2.24, 2.45) is 5.92 Å². The Labute approximate surface area is 91.6 Å². The van der Waals surface area contributed by atoms with Crippen LogP contribution in [0.2, 0.25) is 0 Å². The van der Waals surface area contributed by atoms with Crippen LogP contribution in [0.4, 0.5) is 0 Å². The van der Waals surface area contributed by atoms with Crippen molar-refractivity contribution in [2.45, 2.75) is 32.7 Å². The summed E-state index contributed by atoms with van der Waals surface area (Å²) < 4.78 is 0. The fourth-order valence-corrected chi connectivity index (χ4v) is 2.04. The van der Waals surface area contributed by atoms with Crippen molar-refractivity contribution in [3.05, 3.63) is 0 Å². The molecule has 1 heterocycles. The van der Waals surface area contributed by atoms with Gasteiger partial charge in [0.1, 0.15) is 0 Å². The Morgan fingerprint density at radius 2 is 2.33 bits per heavy atom. The van der Waals surface area contributed by atoms with E-state index in [0.717, 1.165) is 19.6 Å². The molecule has 0 aromatic rings. The molecule has 0 aliphatic carbocycles. The highest BCUT2D eigenvalue weighted by Gasteiger charge is 2.20. The van der Waals surface area contributed by atoms with Crippen LogP contribution in [0.5, 0.6) is 0 Å². The minimum atomic E-state index is -0.729. The van der Waals surface area contributed by atoms with Crippen LogP contribution in [0.25, 0.3) is 0 Å². The molecule has 1 aliphatic rings. The minimum Gasteiger partial charge on any atom is -0.480 e. The molecule has 88 valence electrons. The SMILES string of the molecule is CC(C)N(CC(=O)O)CC1CCCNC1. The quantitative estimate of drug-likeness (QED) is 0.710. The van der Waals surface area contributed by atoms with E-state index in [1.165, 1.54) is 12.8 Å². The van der Waals surface area contributed by atoms with Crippen molar-refractivity contribution in [3.63, 3.8) is 0 Å². The number of carboxylic acid groups (broad SMARTS) is 1. The number of carboxylic acids is 1. The zero-order chi connectivity index (χ0) is 11.3. The van der Waals surface area contributed by atoms with Gasteiger partial charge in [0.2, 0.25) is 0 Å². The van der Waals surface area contributed by atoms with Crippen molar-refractivity contribution in [2.75, 3.05) is 26.2 Å². The molecule has 15 heavy (non-hydrogen) atoms. The maximum atomic E-state index is 10.7. The molecule has 0 spiro atoms. The Balaban J connectivity index is 2.38. The van der Waals surface area contributed by atoms with Gasteiger partial charge in [-0.1, -0.05) is 0 Å². The number of rotatable bonds is 5. The first-order valence-electron chi connectivity index (χ1n) is 5.76. The summed E-state index contributed by atoms with van der Waals surface area (Å²) in [6, 6.07) is 0.308. The maximum Gasteiger partial charge on any atom is 0.317 e. The molecule has 0 bridgehead atoms. The first-order chi connectivity index (χ1) is 7.09. The van der Waals surface area contributed by atoms with Gasteiger partial charge in [-0.25, -0.2) is 0 Å². The van der Waals surface area contributed by atoms with Gasteiger partial charge in [-0.15, -0.1) is 0 Å². The van der Waals surface area contributed by atoms with Crippen molar-refractivity contribution in [1.82, 2.24) is 10.2 Å². The van der Waals surface area contributed by atoms with E-state index in [1.54, 1.807) is 0 Å². The van der Waals surface area contributed by atoms with Gasteiger partial charge in [0, 0.05) is 12.6 Å². The zero-order valence-electron chi connectivity index (χ0n) is 9.70. The van der Waals surface area contributed by atoms with Crippen LogP contribution in [0.3, 0.4) is 0 Å². The molecule has 1 atom stereocenters. The number of hydrogen-bond donors (Lipinski definition) is 2. The molecule has 0 radical (unpaired) electrons. The molecule has 2 N–H and O–H groups in total. The number of piperidine rings is 1. The van der Waals surface area contributed by atoms with Gasteiger partial charge >= 0.3 is 5.97 Å². The fraction of sp³-hybridized carbons (Fsp3) is 0.909. The molecule has 0 aromatic heterocycles. The summed E-state index contributed by atoms with van der Waals surface area (Å²) in [4.78, 5) is 12.7. The third kappa shape index (κ3) is 4.62. The van der Waals surface area contributed by atoms with E-state index >= 15 is 0 Å². The average Bonchev–Trinajstić information content (AvgIpc) is 2.17. The smallest absolute Gasteiger partial charge is 0.317 e. The van der Waals surface area contributed by atoms with Gasteiger partial charge in [0.25, 0.3) is 0 Å². The number of carbonyl (C=O) groups is 1.